The molecule has 2 heterocycles. The van der Waals surface area contributed by atoms with E-state index in [9.17, 15) is 4.79 Å². The molecule has 2 aromatic heterocycles. The van der Waals surface area contributed by atoms with Gasteiger partial charge in [-0.3, -0.25) is 9.89 Å². The first-order valence-electron chi connectivity index (χ1n) is 4.37. The molecule has 0 radical (unpaired) electrons. The molecule has 68 valence electrons. The Kier molecular flexibility index (Phi) is 1.88. The van der Waals surface area contributed by atoms with Crippen molar-refractivity contribution in [2.45, 2.75) is 19.8 Å². The lowest BCUT2D eigenvalue weighted by molar-refractivity contribution is 0.818. The van der Waals surface area contributed by atoms with Crippen LogP contribution in [0, 0.1) is 0 Å². The highest BCUT2D eigenvalue weighted by molar-refractivity contribution is 5.36. The Morgan fingerprint density at radius 3 is 3.23 bits per heavy atom. The van der Waals surface area contributed by atoms with Gasteiger partial charge in [0.05, 0.1) is 0 Å². The van der Waals surface area contributed by atoms with Crippen LogP contribution >= 0.6 is 0 Å². The number of hydrogen-bond donors (Lipinski definition) is 1. The molecule has 0 spiro atoms. The lowest BCUT2D eigenvalue weighted by atomic mass is 10.3. The summed E-state index contributed by atoms with van der Waals surface area (Å²) in [4.78, 5) is 15.3. The van der Waals surface area contributed by atoms with Gasteiger partial charge >= 0.3 is 0 Å². The van der Waals surface area contributed by atoms with Crippen LogP contribution in [0.3, 0.4) is 0 Å². The summed E-state index contributed by atoms with van der Waals surface area (Å²) in [5, 5.41) is 3.09. The van der Waals surface area contributed by atoms with Gasteiger partial charge in [0.1, 0.15) is 5.82 Å². The summed E-state index contributed by atoms with van der Waals surface area (Å²) >= 11 is 0. The molecule has 0 aliphatic carbocycles. The van der Waals surface area contributed by atoms with Gasteiger partial charge in [-0.05, 0) is 6.42 Å². The summed E-state index contributed by atoms with van der Waals surface area (Å²) in [7, 11) is 0. The zero-order valence-electron chi connectivity index (χ0n) is 7.45. The molecule has 2 aromatic rings. The number of rotatable bonds is 2. The van der Waals surface area contributed by atoms with Crippen LogP contribution in [-0.2, 0) is 6.42 Å². The van der Waals surface area contributed by atoms with E-state index in [-0.39, 0.29) is 5.43 Å². The molecule has 2 rings (SSSR count). The fourth-order valence-corrected chi connectivity index (χ4v) is 1.30. The second kappa shape index (κ2) is 3.05. The molecule has 0 aromatic carbocycles. The minimum Gasteiger partial charge on any atom is -0.290 e. The molecule has 0 aliphatic heterocycles. The molecule has 4 nitrogen and oxygen atoms in total. The first-order chi connectivity index (χ1) is 6.29. The third kappa shape index (κ3) is 1.47. The second-order valence-electron chi connectivity index (χ2n) is 3.01. The quantitative estimate of drug-likeness (QED) is 0.743. The van der Waals surface area contributed by atoms with Gasteiger partial charge in [-0.1, -0.05) is 6.92 Å². The van der Waals surface area contributed by atoms with Crippen molar-refractivity contribution in [2.75, 3.05) is 0 Å². The van der Waals surface area contributed by atoms with E-state index in [2.05, 4.69) is 17.0 Å². The van der Waals surface area contributed by atoms with Crippen molar-refractivity contribution in [1.82, 2.24) is 14.6 Å². The molecule has 0 bridgehead atoms. The number of aromatic amines is 1. The number of aromatic nitrogens is 3. The minimum absolute atomic E-state index is 0.00505. The van der Waals surface area contributed by atoms with Crippen LogP contribution in [0.2, 0.25) is 0 Å². The Labute approximate surface area is 75.2 Å². The molecular formula is C9H11N3O. The summed E-state index contributed by atoms with van der Waals surface area (Å²) in [6, 6.07) is 3.04. The fraction of sp³-hybridized carbons (Fsp3) is 0.333. The molecule has 0 amide bonds. The van der Waals surface area contributed by atoms with Crippen LogP contribution in [0.15, 0.2) is 23.1 Å². The molecule has 13 heavy (non-hydrogen) atoms. The van der Waals surface area contributed by atoms with Gasteiger partial charge in [0.2, 0.25) is 0 Å². The summed E-state index contributed by atoms with van der Waals surface area (Å²) < 4.78 is 1.76. The predicted octanol–water partition coefficient (Wildman–Crippen LogP) is 0.975. The van der Waals surface area contributed by atoms with Gasteiger partial charge in [-0.25, -0.2) is 9.50 Å². The lowest BCUT2D eigenvalue weighted by Crippen LogP contribution is -1.98. The van der Waals surface area contributed by atoms with Crippen molar-refractivity contribution < 1.29 is 0 Å². The van der Waals surface area contributed by atoms with Gasteiger partial charge < -0.3 is 0 Å². The predicted molar refractivity (Wildman–Crippen MR) is 49.8 cm³/mol. The highest BCUT2D eigenvalue weighted by atomic mass is 16.1. The Morgan fingerprint density at radius 1 is 1.62 bits per heavy atom. The molecule has 0 fully saturated rings. The minimum atomic E-state index is -0.00505. The smallest absolute Gasteiger partial charge is 0.183 e. The van der Waals surface area contributed by atoms with Gasteiger partial charge in [-0.15, -0.1) is 0 Å². The van der Waals surface area contributed by atoms with Gasteiger partial charge in [-0.2, -0.15) is 0 Å². The van der Waals surface area contributed by atoms with Crippen LogP contribution in [0.25, 0.3) is 5.65 Å². The van der Waals surface area contributed by atoms with Crippen molar-refractivity contribution in [3.05, 3.63) is 34.4 Å². The van der Waals surface area contributed by atoms with E-state index in [4.69, 9.17) is 0 Å². The van der Waals surface area contributed by atoms with Crippen LogP contribution < -0.4 is 5.43 Å². The molecule has 0 unspecified atom stereocenters. The van der Waals surface area contributed by atoms with E-state index in [0.717, 1.165) is 18.7 Å². The molecule has 0 saturated carbocycles. The first kappa shape index (κ1) is 8.04. The second-order valence-corrected chi connectivity index (χ2v) is 3.01. The molecule has 0 aliphatic rings. The number of fused-ring (bicyclic) bond motifs is 1. The number of H-pyrrole nitrogens is 1. The first-order valence-corrected chi connectivity index (χ1v) is 4.37. The Hall–Kier alpha value is -1.58. The van der Waals surface area contributed by atoms with E-state index >= 15 is 0 Å². The van der Waals surface area contributed by atoms with Crippen LogP contribution in [0.1, 0.15) is 19.2 Å². The summed E-state index contributed by atoms with van der Waals surface area (Å²) in [5.74, 6) is 0.924. The van der Waals surface area contributed by atoms with Crippen molar-refractivity contribution in [3.63, 3.8) is 0 Å². The number of nitrogens with one attached hydrogen (secondary N) is 1. The average molecular weight is 177 g/mol. The van der Waals surface area contributed by atoms with E-state index in [1.807, 2.05) is 0 Å². The third-order valence-electron chi connectivity index (χ3n) is 1.89. The van der Waals surface area contributed by atoms with Crippen LogP contribution in [0.5, 0.6) is 0 Å². The number of aryl methyl sites for hydroxylation is 1. The van der Waals surface area contributed by atoms with E-state index in [1.165, 1.54) is 12.1 Å². The van der Waals surface area contributed by atoms with Crippen molar-refractivity contribution in [1.29, 1.82) is 0 Å². The van der Waals surface area contributed by atoms with E-state index < -0.39 is 0 Å². The number of nitrogens with zero attached hydrogens (tertiary/aromatic N) is 2. The summed E-state index contributed by atoms with van der Waals surface area (Å²) in [6.07, 6.45) is 3.66. The normalized spacial score (nSPS) is 10.8. The third-order valence-corrected chi connectivity index (χ3v) is 1.89. The number of pyridine rings is 1. The Balaban J connectivity index is 2.55. The SMILES string of the molecule is CCCc1nc2cc(=O)ccn2[nH]1. The summed E-state index contributed by atoms with van der Waals surface area (Å²) in [5.41, 5.74) is 0.686. The summed E-state index contributed by atoms with van der Waals surface area (Å²) in [6.45, 7) is 2.09. The molecule has 0 atom stereocenters. The maximum Gasteiger partial charge on any atom is 0.183 e. The highest BCUT2D eigenvalue weighted by Crippen LogP contribution is 1.99. The highest BCUT2D eigenvalue weighted by Gasteiger charge is 1.99. The van der Waals surface area contributed by atoms with Crippen LogP contribution in [-0.4, -0.2) is 14.6 Å². The maximum absolute atomic E-state index is 11.0. The molecule has 4 heteroatoms. The van der Waals surface area contributed by atoms with Gasteiger partial charge in [0.15, 0.2) is 11.1 Å². The maximum atomic E-state index is 11.0. The average Bonchev–Trinajstić information content (AvgIpc) is 2.46. The van der Waals surface area contributed by atoms with Crippen molar-refractivity contribution in [3.8, 4) is 0 Å². The monoisotopic (exact) mass is 177 g/mol. The van der Waals surface area contributed by atoms with Crippen molar-refractivity contribution >= 4 is 5.65 Å². The Bertz CT molecular complexity index is 469. The molecule has 0 saturated heterocycles. The van der Waals surface area contributed by atoms with E-state index in [1.54, 1.807) is 10.7 Å². The topological polar surface area (TPSA) is 50.2 Å². The zero-order valence-corrected chi connectivity index (χ0v) is 7.45. The Morgan fingerprint density at radius 2 is 2.46 bits per heavy atom. The number of hydrogen-bond acceptors (Lipinski definition) is 2. The standard InChI is InChI=1S/C9H11N3O/c1-2-3-8-10-9-6-7(13)4-5-12(9)11-8/h4-6H,2-3H2,1H3,(H,10,11). The molecule has 1 N–H and O–H groups in total. The molecular weight excluding hydrogens is 166 g/mol. The largest absolute Gasteiger partial charge is 0.290 e. The van der Waals surface area contributed by atoms with Crippen LogP contribution in [0.4, 0.5) is 0 Å². The zero-order chi connectivity index (χ0) is 9.26. The lowest BCUT2D eigenvalue weighted by Gasteiger charge is -1.88. The van der Waals surface area contributed by atoms with Gasteiger partial charge in [0, 0.05) is 24.8 Å². The van der Waals surface area contributed by atoms with Gasteiger partial charge in [0.25, 0.3) is 0 Å². The fourth-order valence-electron chi connectivity index (χ4n) is 1.30. The van der Waals surface area contributed by atoms with E-state index in [0.29, 0.717) is 5.65 Å². The van der Waals surface area contributed by atoms with Crippen molar-refractivity contribution in [2.24, 2.45) is 0 Å².